The van der Waals surface area contributed by atoms with Gasteiger partial charge < -0.3 is 10.4 Å². The number of aromatic nitrogens is 3. The van der Waals surface area contributed by atoms with E-state index in [1.807, 2.05) is 0 Å². The smallest absolute Gasteiger partial charge is 0.335 e. The van der Waals surface area contributed by atoms with Gasteiger partial charge in [0.25, 0.3) is 0 Å². The third kappa shape index (κ3) is 11.9. The van der Waals surface area contributed by atoms with Crippen LogP contribution in [0.4, 0.5) is 0 Å². The average molecular weight is 474 g/mol. The molecule has 2 aromatic rings. The maximum atomic E-state index is 11.0. The van der Waals surface area contributed by atoms with Crippen LogP contribution in [-0.4, -0.2) is 45.7 Å². The number of aromatic carboxylic acids is 1. The molecule has 0 radical (unpaired) electrons. The van der Waals surface area contributed by atoms with E-state index in [1.165, 1.54) is 89.9 Å². The molecule has 0 fully saturated rings. The van der Waals surface area contributed by atoms with E-state index in [1.54, 1.807) is 22.9 Å². The maximum Gasteiger partial charge on any atom is 0.335 e. The zero-order chi connectivity index (χ0) is 24.3. The van der Waals surface area contributed by atoms with Crippen LogP contribution in [0.1, 0.15) is 114 Å². The Morgan fingerprint density at radius 2 is 1.35 bits per heavy atom. The van der Waals surface area contributed by atoms with Gasteiger partial charge in [-0.2, -0.15) is 0 Å². The molecule has 0 aliphatic carbocycles. The van der Waals surface area contributed by atoms with Crippen LogP contribution in [0.15, 0.2) is 18.2 Å². The Hall–Kier alpha value is -1.99. The summed E-state index contributed by atoms with van der Waals surface area (Å²) in [5.41, 5.74) is 1.68. The van der Waals surface area contributed by atoms with E-state index < -0.39 is 5.97 Å². The van der Waals surface area contributed by atoms with Crippen LogP contribution in [0, 0.1) is 0 Å². The summed E-state index contributed by atoms with van der Waals surface area (Å²) >= 11 is 0. The van der Waals surface area contributed by atoms with Gasteiger partial charge >= 0.3 is 5.97 Å². The molecule has 0 saturated carbocycles. The van der Waals surface area contributed by atoms with E-state index in [0.29, 0.717) is 12.2 Å². The minimum absolute atomic E-state index is 0.234. The minimum Gasteiger partial charge on any atom is -0.478 e. The van der Waals surface area contributed by atoms with E-state index in [0.717, 1.165) is 31.6 Å². The highest BCUT2D eigenvalue weighted by Gasteiger charge is 2.08. The van der Waals surface area contributed by atoms with Gasteiger partial charge in [-0.1, -0.05) is 95.6 Å². The van der Waals surface area contributed by atoms with Crippen LogP contribution in [0.5, 0.6) is 0 Å². The molecule has 0 unspecified atom stereocenters. The SMILES string of the molecule is CCCCCCCCCCCCCCCCNCCCNCn1nnc2cc(C(=O)O)ccc21. The first-order chi connectivity index (χ1) is 16.7. The zero-order valence-electron chi connectivity index (χ0n) is 21.4. The van der Waals surface area contributed by atoms with Crippen LogP contribution in [-0.2, 0) is 6.67 Å². The Morgan fingerprint density at radius 1 is 0.794 bits per heavy atom. The first kappa shape index (κ1) is 28.2. The Bertz CT molecular complexity index is 792. The van der Waals surface area contributed by atoms with Gasteiger partial charge in [-0.05, 0) is 50.7 Å². The lowest BCUT2D eigenvalue weighted by Crippen LogP contribution is -2.25. The van der Waals surface area contributed by atoms with Gasteiger partial charge in [0.05, 0.1) is 17.7 Å². The molecule has 1 aromatic carbocycles. The van der Waals surface area contributed by atoms with Crippen molar-refractivity contribution in [2.75, 3.05) is 19.6 Å². The normalized spacial score (nSPS) is 11.4. The van der Waals surface area contributed by atoms with Crippen molar-refractivity contribution in [3.63, 3.8) is 0 Å². The number of carboxylic acids is 1. The molecule has 0 aliphatic heterocycles. The molecule has 34 heavy (non-hydrogen) atoms. The number of hydrogen-bond acceptors (Lipinski definition) is 5. The van der Waals surface area contributed by atoms with Gasteiger partial charge in [0.1, 0.15) is 5.52 Å². The van der Waals surface area contributed by atoms with E-state index in [9.17, 15) is 4.79 Å². The molecule has 0 bridgehead atoms. The Labute approximate surface area is 206 Å². The molecule has 1 heterocycles. The average Bonchev–Trinajstić information content (AvgIpc) is 3.25. The lowest BCUT2D eigenvalue weighted by atomic mass is 10.0. The summed E-state index contributed by atoms with van der Waals surface area (Å²) in [4.78, 5) is 11.0. The second-order valence-electron chi connectivity index (χ2n) is 9.46. The molecule has 0 aliphatic rings. The van der Waals surface area contributed by atoms with E-state index in [4.69, 9.17) is 5.11 Å². The van der Waals surface area contributed by atoms with Crippen molar-refractivity contribution in [2.24, 2.45) is 0 Å². The number of nitrogens with zero attached hydrogens (tertiary/aromatic N) is 3. The van der Waals surface area contributed by atoms with Gasteiger partial charge in [-0.25, -0.2) is 9.48 Å². The summed E-state index contributed by atoms with van der Waals surface area (Å²) in [5.74, 6) is -0.948. The van der Waals surface area contributed by atoms with Crippen molar-refractivity contribution in [1.29, 1.82) is 0 Å². The van der Waals surface area contributed by atoms with Crippen molar-refractivity contribution >= 4 is 17.0 Å². The number of nitrogens with one attached hydrogen (secondary N) is 2. The second-order valence-corrected chi connectivity index (χ2v) is 9.46. The summed E-state index contributed by atoms with van der Waals surface area (Å²) in [6.45, 7) is 5.89. The van der Waals surface area contributed by atoms with Gasteiger partial charge in [0.15, 0.2) is 0 Å². The van der Waals surface area contributed by atoms with Crippen molar-refractivity contribution < 1.29 is 9.90 Å². The summed E-state index contributed by atoms with van der Waals surface area (Å²) in [5, 5.41) is 24.1. The van der Waals surface area contributed by atoms with Crippen LogP contribution in [0.25, 0.3) is 11.0 Å². The Balaban J connectivity index is 1.33. The van der Waals surface area contributed by atoms with Crippen LogP contribution < -0.4 is 10.6 Å². The van der Waals surface area contributed by atoms with E-state index in [2.05, 4.69) is 27.9 Å². The zero-order valence-corrected chi connectivity index (χ0v) is 21.4. The van der Waals surface area contributed by atoms with Crippen LogP contribution >= 0.6 is 0 Å². The highest BCUT2D eigenvalue weighted by atomic mass is 16.4. The molecule has 2 rings (SSSR count). The number of carbonyl (C=O) groups is 1. The number of unbranched alkanes of at least 4 members (excludes halogenated alkanes) is 13. The highest BCUT2D eigenvalue weighted by Crippen LogP contribution is 2.14. The lowest BCUT2D eigenvalue weighted by Gasteiger charge is -2.07. The first-order valence-electron chi connectivity index (χ1n) is 13.7. The van der Waals surface area contributed by atoms with E-state index in [-0.39, 0.29) is 5.56 Å². The molecule has 0 saturated heterocycles. The fourth-order valence-electron chi connectivity index (χ4n) is 4.31. The van der Waals surface area contributed by atoms with Gasteiger partial charge in [-0.3, -0.25) is 5.32 Å². The molecule has 7 nitrogen and oxygen atoms in total. The lowest BCUT2D eigenvalue weighted by molar-refractivity contribution is 0.0697. The fourth-order valence-corrected chi connectivity index (χ4v) is 4.31. The molecule has 1 aromatic heterocycles. The van der Waals surface area contributed by atoms with Gasteiger partial charge in [0, 0.05) is 0 Å². The van der Waals surface area contributed by atoms with Crippen molar-refractivity contribution in [1.82, 2.24) is 25.6 Å². The first-order valence-corrected chi connectivity index (χ1v) is 13.7. The Morgan fingerprint density at radius 3 is 1.97 bits per heavy atom. The molecule has 0 amide bonds. The monoisotopic (exact) mass is 473 g/mol. The highest BCUT2D eigenvalue weighted by molar-refractivity contribution is 5.92. The molecular weight excluding hydrogens is 426 g/mol. The van der Waals surface area contributed by atoms with Crippen molar-refractivity contribution in [3.8, 4) is 0 Å². The molecule has 3 N–H and O–H groups in total. The number of carboxylic acid groups (broad SMARTS) is 1. The quantitative estimate of drug-likeness (QED) is 0.178. The second kappa shape index (κ2) is 18.4. The molecule has 7 heteroatoms. The minimum atomic E-state index is -0.948. The molecular formula is C27H47N5O2. The van der Waals surface area contributed by atoms with Crippen LogP contribution in [0.2, 0.25) is 0 Å². The summed E-state index contributed by atoms with van der Waals surface area (Å²) in [6, 6.07) is 4.91. The predicted molar refractivity (Wildman–Crippen MR) is 140 cm³/mol. The third-order valence-corrected chi connectivity index (χ3v) is 6.44. The van der Waals surface area contributed by atoms with Crippen molar-refractivity contribution in [2.45, 2.75) is 110 Å². The Kier molecular flexibility index (Phi) is 15.2. The number of hydrogen-bond donors (Lipinski definition) is 3. The number of fused-ring (bicyclic) bond motifs is 1. The summed E-state index contributed by atoms with van der Waals surface area (Å²) in [7, 11) is 0. The third-order valence-electron chi connectivity index (χ3n) is 6.44. The van der Waals surface area contributed by atoms with Gasteiger partial charge in [-0.15, -0.1) is 5.10 Å². The van der Waals surface area contributed by atoms with E-state index >= 15 is 0 Å². The number of benzene rings is 1. The largest absolute Gasteiger partial charge is 0.478 e. The number of rotatable bonds is 22. The topological polar surface area (TPSA) is 92.1 Å². The molecule has 0 spiro atoms. The fraction of sp³-hybridized carbons (Fsp3) is 0.741. The predicted octanol–water partition coefficient (Wildman–Crippen LogP) is 6.14. The molecule has 0 atom stereocenters. The van der Waals surface area contributed by atoms with Crippen molar-refractivity contribution in [3.05, 3.63) is 23.8 Å². The van der Waals surface area contributed by atoms with Crippen LogP contribution in [0.3, 0.4) is 0 Å². The van der Waals surface area contributed by atoms with Gasteiger partial charge in [0.2, 0.25) is 0 Å². The maximum absolute atomic E-state index is 11.0. The molecule has 192 valence electrons. The summed E-state index contributed by atoms with van der Waals surface area (Å²) < 4.78 is 1.77. The summed E-state index contributed by atoms with van der Waals surface area (Å²) in [6.07, 6.45) is 20.7. The standard InChI is InChI=1S/C27H47N5O2/c1-2-3-4-5-6-7-8-9-10-11-12-13-14-15-19-28-20-16-21-29-23-32-26-18-17-24(27(33)34)22-25(26)30-31-32/h17-18,22,28-29H,2-16,19-21,23H2,1H3,(H,33,34).